The molecule has 0 aromatic heterocycles. The van der Waals surface area contributed by atoms with E-state index in [1.807, 2.05) is 32.0 Å². The highest BCUT2D eigenvalue weighted by atomic mass is 32.2. The minimum Gasteiger partial charge on any atom is -0.343 e. The summed E-state index contributed by atoms with van der Waals surface area (Å²) in [6, 6.07) is 5.87. The number of aryl methyl sites for hydroxylation is 2. The Morgan fingerprint density at radius 3 is 2.58 bits per heavy atom. The molecule has 1 atom stereocenters. The van der Waals surface area contributed by atoms with E-state index in [4.69, 9.17) is 0 Å². The molecule has 2 aliphatic rings. The molecule has 0 saturated carbocycles. The minimum absolute atomic E-state index is 0.0796. The Balaban J connectivity index is 1.79. The number of nitrogens with zero attached hydrogens (tertiary/aromatic N) is 2. The van der Waals surface area contributed by atoms with Crippen LogP contribution in [0.4, 0.5) is 5.69 Å². The summed E-state index contributed by atoms with van der Waals surface area (Å²) in [7, 11) is 0. The topological polar surface area (TPSA) is 78.8 Å². The molecule has 1 aromatic carbocycles. The van der Waals surface area contributed by atoms with Crippen molar-refractivity contribution < 1.29 is 14.4 Å². The lowest BCUT2D eigenvalue weighted by Gasteiger charge is -2.16. The van der Waals surface area contributed by atoms with Crippen LogP contribution < -0.4 is 5.32 Å². The highest BCUT2D eigenvalue weighted by Gasteiger charge is 2.36. The number of nitrogens with one attached hydrogen (secondary N) is 1. The van der Waals surface area contributed by atoms with Gasteiger partial charge in [-0.3, -0.25) is 14.4 Å². The number of rotatable bonds is 3. The molecular weight excluding hydrogens is 346 g/mol. The Kier molecular flexibility index (Phi) is 4.96. The van der Waals surface area contributed by atoms with E-state index in [2.05, 4.69) is 10.3 Å². The highest BCUT2D eigenvalue weighted by Crippen LogP contribution is 2.27. The largest absolute Gasteiger partial charge is 0.343 e. The predicted octanol–water partition coefficient (Wildman–Crippen LogP) is 1.97. The lowest BCUT2D eigenvalue weighted by atomic mass is 10.1. The normalized spacial score (nSPS) is 22.3. The second-order valence-electron chi connectivity index (χ2n) is 5.72. The maximum absolute atomic E-state index is 12.5. The number of hydrogen-bond donors (Lipinski definition) is 1. The van der Waals surface area contributed by atoms with Crippen LogP contribution in [-0.4, -0.2) is 44.7 Å². The van der Waals surface area contributed by atoms with Crippen LogP contribution in [0.1, 0.15) is 17.5 Å². The van der Waals surface area contributed by atoms with Gasteiger partial charge in [-0.2, -0.15) is 0 Å². The molecule has 126 valence electrons. The Labute approximate surface area is 148 Å². The molecular formula is C16H17N3O3S2. The van der Waals surface area contributed by atoms with E-state index >= 15 is 0 Å². The molecule has 2 aliphatic heterocycles. The quantitative estimate of drug-likeness (QED) is 0.888. The molecule has 8 heteroatoms. The Morgan fingerprint density at radius 1 is 1.25 bits per heavy atom. The van der Waals surface area contributed by atoms with Crippen LogP contribution in [0.5, 0.6) is 0 Å². The van der Waals surface area contributed by atoms with E-state index in [0.29, 0.717) is 10.9 Å². The molecule has 3 amide bonds. The summed E-state index contributed by atoms with van der Waals surface area (Å²) in [5.74, 6) is -0.108. The van der Waals surface area contributed by atoms with E-state index < -0.39 is 0 Å². The SMILES string of the molecule is Cc1cc(C)cc(N=C2SCC(=O)N2C(=O)CC2NC(=O)CS2)c1. The van der Waals surface area contributed by atoms with Crippen LogP contribution in [0.15, 0.2) is 23.2 Å². The summed E-state index contributed by atoms with van der Waals surface area (Å²) >= 11 is 2.65. The third-order valence-electron chi connectivity index (χ3n) is 3.54. The van der Waals surface area contributed by atoms with Gasteiger partial charge in [0.1, 0.15) is 0 Å². The van der Waals surface area contributed by atoms with E-state index in [9.17, 15) is 14.4 Å². The zero-order valence-corrected chi connectivity index (χ0v) is 15.0. The second-order valence-corrected chi connectivity index (χ2v) is 7.86. The van der Waals surface area contributed by atoms with Gasteiger partial charge in [0.2, 0.25) is 17.7 Å². The fraction of sp³-hybridized carbons (Fsp3) is 0.375. The van der Waals surface area contributed by atoms with Crippen molar-refractivity contribution in [2.45, 2.75) is 25.6 Å². The van der Waals surface area contributed by atoms with Crippen molar-refractivity contribution in [3.63, 3.8) is 0 Å². The van der Waals surface area contributed by atoms with Gasteiger partial charge in [-0.1, -0.05) is 17.8 Å². The summed E-state index contributed by atoms with van der Waals surface area (Å²) in [4.78, 5) is 41.5. The number of thioether (sulfide) groups is 2. The van der Waals surface area contributed by atoms with Crippen LogP contribution in [0.25, 0.3) is 0 Å². The number of imide groups is 1. The third-order valence-corrected chi connectivity index (χ3v) is 5.58. The molecule has 0 spiro atoms. The fourth-order valence-corrected chi connectivity index (χ4v) is 4.41. The van der Waals surface area contributed by atoms with Crippen molar-refractivity contribution in [1.29, 1.82) is 0 Å². The summed E-state index contributed by atoms with van der Waals surface area (Å²) in [6.07, 6.45) is 0.0918. The van der Waals surface area contributed by atoms with Crippen molar-refractivity contribution in [2.24, 2.45) is 4.99 Å². The maximum Gasteiger partial charge on any atom is 0.245 e. The standard InChI is InChI=1S/C16H17N3O3S2/c1-9-3-10(2)5-11(4-9)17-16-19(15(22)8-24-16)14(21)6-13-18-12(20)7-23-13/h3-5,13H,6-8H2,1-2H3,(H,18,20). The number of hydrogen-bond acceptors (Lipinski definition) is 6. The van der Waals surface area contributed by atoms with Gasteiger partial charge < -0.3 is 5.32 Å². The number of benzene rings is 1. The molecule has 2 heterocycles. The molecule has 2 fully saturated rings. The minimum atomic E-state index is -0.326. The number of amidine groups is 1. The molecule has 0 aliphatic carbocycles. The molecule has 6 nitrogen and oxygen atoms in total. The molecule has 0 radical (unpaired) electrons. The highest BCUT2D eigenvalue weighted by molar-refractivity contribution is 8.15. The summed E-state index contributed by atoms with van der Waals surface area (Å²) in [5.41, 5.74) is 2.88. The Bertz CT molecular complexity index is 728. The van der Waals surface area contributed by atoms with E-state index in [1.165, 1.54) is 23.5 Å². The maximum atomic E-state index is 12.5. The smallest absolute Gasteiger partial charge is 0.245 e. The van der Waals surface area contributed by atoms with Gasteiger partial charge in [-0.15, -0.1) is 11.8 Å². The molecule has 1 N–H and O–H groups in total. The number of amides is 3. The van der Waals surface area contributed by atoms with Crippen molar-refractivity contribution in [1.82, 2.24) is 10.2 Å². The summed E-state index contributed by atoms with van der Waals surface area (Å²) in [6.45, 7) is 3.96. The Morgan fingerprint density at radius 2 is 1.96 bits per heavy atom. The van der Waals surface area contributed by atoms with Gasteiger partial charge >= 0.3 is 0 Å². The van der Waals surface area contributed by atoms with Gasteiger partial charge in [-0.25, -0.2) is 9.89 Å². The third kappa shape index (κ3) is 3.81. The number of carbonyl (C=O) groups is 3. The first-order valence-corrected chi connectivity index (χ1v) is 9.52. The zero-order valence-electron chi connectivity index (χ0n) is 13.4. The summed E-state index contributed by atoms with van der Waals surface area (Å²) in [5, 5.41) is 2.86. The second kappa shape index (κ2) is 6.98. The predicted molar refractivity (Wildman–Crippen MR) is 96.3 cm³/mol. The average Bonchev–Trinajstić information content (AvgIpc) is 3.04. The van der Waals surface area contributed by atoms with Crippen LogP contribution in [0, 0.1) is 13.8 Å². The van der Waals surface area contributed by atoms with Gasteiger partial charge in [-0.05, 0) is 37.1 Å². The van der Waals surface area contributed by atoms with Gasteiger partial charge in [0.05, 0.1) is 29.0 Å². The van der Waals surface area contributed by atoms with E-state index in [-0.39, 0.29) is 35.3 Å². The van der Waals surface area contributed by atoms with Gasteiger partial charge in [0.25, 0.3) is 0 Å². The molecule has 1 unspecified atom stereocenters. The Hall–Kier alpha value is -1.80. The van der Waals surface area contributed by atoms with E-state index in [1.54, 1.807) is 0 Å². The number of aliphatic imine (C=N–C) groups is 1. The van der Waals surface area contributed by atoms with Gasteiger partial charge in [0, 0.05) is 0 Å². The van der Waals surface area contributed by atoms with Crippen LogP contribution >= 0.6 is 23.5 Å². The first-order chi connectivity index (χ1) is 11.4. The average molecular weight is 363 g/mol. The van der Waals surface area contributed by atoms with Crippen LogP contribution in [0.2, 0.25) is 0 Å². The fourth-order valence-electron chi connectivity index (χ4n) is 2.61. The monoisotopic (exact) mass is 363 g/mol. The van der Waals surface area contributed by atoms with Crippen molar-refractivity contribution in [2.75, 3.05) is 11.5 Å². The molecule has 2 saturated heterocycles. The summed E-state index contributed by atoms with van der Waals surface area (Å²) < 4.78 is 0. The van der Waals surface area contributed by atoms with Crippen molar-refractivity contribution in [3.8, 4) is 0 Å². The zero-order chi connectivity index (χ0) is 17.3. The first-order valence-electron chi connectivity index (χ1n) is 7.49. The van der Waals surface area contributed by atoms with Crippen molar-refractivity contribution in [3.05, 3.63) is 29.3 Å². The molecule has 3 rings (SSSR count). The molecule has 24 heavy (non-hydrogen) atoms. The molecule has 0 bridgehead atoms. The van der Waals surface area contributed by atoms with Crippen molar-refractivity contribution >= 4 is 52.1 Å². The van der Waals surface area contributed by atoms with E-state index in [0.717, 1.165) is 21.7 Å². The lowest BCUT2D eigenvalue weighted by molar-refractivity contribution is -0.137. The number of carbonyl (C=O) groups excluding carboxylic acids is 3. The molecule has 1 aromatic rings. The first kappa shape index (κ1) is 17.0. The lowest BCUT2D eigenvalue weighted by Crippen LogP contribution is -2.39. The van der Waals surface area contributed by atoms with Crippen LogP contribution in [-0.2, 0) is 14.4 Å². The van der Waals surface area contributed by atoms with Gasteiger partial charge in [0.15, 0.2) is 5.17 Å². The van der Waals surface area contributed by atoms with Crippen LogP contribution in [0.3, 0.4) is 0 Å².